The summed E-state index contributed by atoms with van der Waals surface area (Å²) in [5.41, 5.74) is 1.16. The van der Waals surface area contributed by atoms with Gasteiger partial charge < -0.3 is 14.5 Å². The summed E-state index contributed by atoms with van der Waals surface area (Å²) in [6, 6.07) is 0.0352. The van der Waals surface area contributed by atoms with Crippen LogP contribution >= 0.6 is 0 Å². The third kappa shape index (κ3) is 4.46. The second kappa shape index (κ2) is 8.10. The van der Waals surface area contributed by atoms with Crippen molar-refractivity contribution in [3.63, 3.8) is 0 Å². The van der Waals surface area contributed by atoms with Gasteiger partial charge in [-0.05, 0) is 26.2 Å². The Morgan fingerprint density at radius 2 is 2.16 bits per heavy atom. The SMILES string of the molecule is CCn1cc([C@@H]2OCC[C@@H]2CN[C@H](C)c2nnc(CC(C)C)o2)cn1. The van der Waals surface area contributed by atoms with Gasteiger partial charge in [0.1, 0.15) is 0 Å². The van der Waals surface area contributed by atoms with Crippen molar-refractivity contribution in [2.45, 2.75) is 59.2 Å². The van der Waals surface area contributed by atoms with Crippen LogP contribution in [0.2, 0.25) is 0 Å². The Labute approximate surface area is 149 Å². The highest BCUT2D eigenvalue weighted by molar-refractivity contribution is 5.11. The molecule has 1 saturated heterocycles. The summed E-state index contributed by atoms with van der Waals surface area (Å²) in [5.74, 6) is 2.31. The molecule has 1 N–H and O–H groups in total. The van der Waals surface area contributed by atoms with Gasteiger partial charge in [-0.2, -0.15) is 5.10 Å². The molecule has 25 heavy (non-hydrogen) atoms. The molecule has 3 rings (SSSR count). The van der Waals surface area contributed by atoms with E-state index in [1.165, 1.54) is 0 Å². The number of hydrogen-bond donors (Lipinski definition) is 1. The Morgan fingerprint density at radius 3 is 2.88 bits per heavy atom. The van der Waals surface area contributed by atoms with Gasteiger partial charge >= 0.3 is 0 Å². The van der Waals surface area contributed by atoms with Gasteiger partial charge in [-0.1, -0.05) is 13.8 Å². The van der Waals surface area contributed by atoms with Crippen molar-refractivity contribution in [1.29, 1.82) is 0 Å². The van der Waals surface area contributed by atoms with Crippen molar-refractivity contribution in [2.24, 2.45) is 11.8 Å². The number of hydrogen-bond acceptors (Lipinski definition) is 6. The fraction of sp³-hybridized carbons (Fsp3) is 0.722. The zero-order valence-electron chi connectivity index (χ0n) is 15.6. The van der Waals surface area contributed by atoms with E-state index in [1.807, 2.05) is 10.9 Å². The minimum absolute atomic E-state index is 0.0352. The molecular formula is C18H29N5O2. The highest BCUT2D eigenvalue weighted by atomic mass is 16.5. The van der Waals surface area contributed by atoms with Crippen LogP contribution in [0.4, 0.5) is 0 Å². The summed E-state index contributed by atoms with van der Waals surface area (Å²) in [6.45, 7) is 11.0. The van der Waals surface area contributed by atoms with E-state index in [9.17, 15) is 0 Å². The van der Waals surface area contributed by atoms with Gasteiger partial charge in [-0.15, -0.1) is 10.2 Å². The van der Waals surface area contributed by atoms with Crippen LogP contribution in [0.3, 0.4) is 0 Å². The summed E-state index contributed by atoms with van der Waals surface area (Å²) < 4.78 is 13.7. The molecule has 0 bridgehead atoms. The second-order valence-corrected chi connectivity index (χ2v) is 7.23. The van der Waals surface area contributed by atoms with E-state index < -0.39 is 0 Å². The average molecular weight is 347 g/mol. The lowest BCUT2D eigenvalue weighted by Crippen LogP contribution is -2.27. The molecule has 7 nitrogen and oxygen atoms in total. The van der Waals surface area contributed by atoms with Gasteiger partial charge in [0.15, 0.2) is 0 Å². The summed E-state index contributed by atoms with van der Waals surface area (Å²) >= 11 is 0. The van der Waals surface area contributed by atoms with E-state index in [4.69, 9.17) is 9.15 Å². The van der Waals surface area contributed by atoms with Crippen molar-refractivity contribution in [3.8, 4) is 0 Å². The lowest BCUT2D eigenvalue weighted by molar-refractivity contribution is 0.0896. The molecule has 2 aromatic heterocycles. The normalized spacial score (nSPS) is 22.0. The first kappa shape index (κ1) is 18.1. The minimum atomic E-state index is 0.0352. The van der Waals surface area contributed by atoms with Crippen molar-refractivity contribution in [2.75, 3.05) is 13.2 Å². The Kier molecular flexibility index (Phi) is 5.86. The third-order valence-electron chi connectivity index (χ3n) is 4.64. The van der Waals surface area contributed by atoms with Crippen molar-refractivity contribution >= 4 is 0 Å². The molecule has 0 spiro atoms. The minimum Gasteiger partial charge on any atom is -0.424 e. The monoisotopic (exact) mass is 347 g/mol. The zero-order chi connectivity index (χ0) is 17.8. The number of aromatic nitrogens is 4. The number of aryl methyl sites for hydroxylation is 1. The molecule has 1 aliphatic heterocycles. The first-order valence-electron chi connectivity index (χ1n) is 9.26. The highest BCUT2D eigenvalue weighted by Gasteiger charge is 2.31. The Balaban J connectivity index is 1.55. The Bertz CT molecular complexity index is 666. The molecule has 3 atom stereocenters. The largest absolute Gasteiger partial charge is 0.424 e. The van der Waals surface area contributed by atoms with E-state index in [0.29, 0.717) is 23.6 Å². The predicted octanol–water partition coefficient (Wildman–Crippen LogP) is 2.91. The fourth-order valence-electron chi connectivity index (χ4n) is 3.20. The Morgan fingerprint density at radius 1 is 1.32 bits per heavy atom. The summed E-state index contributed by atoms with van der Waals surface area (Å²) in [6.07, 6.45) is 5.98. The van der Waals surface area contributed by atoms with Crippen LogP contribution in [-0.4, -0.2) is 33.1 Å². The van der Waals surface area contributed by atoms with Crippen LogP contribution < -0.4 is 5.32 Å². The number of nitrogens with zero attached hydrogens (tertiary/aromatic N) is 4. The van der Waals surface area contributed by atoms with E-state index in [0.717, 1.165) is 38.1 Å². The third-order valence-corrected chi connectivity index (χ3v) is 4.64. The van der Waals surface area contributed by atoms with Crippen LogP contribution in [0.5, 0.6) is 0 Å². The molecule has 2 aromatic rings. The quantitative estimate of drug-likeness (QED) is 0.791. The van der Waals surface area contributed by atoms with Gasteiger partial charge in [0.05, 0.1) is 18.3 Å². The summed E-state index contributed by atoms with van der Waals surface area (Å²) in [7, 11) is 0. The first-order valence-corrected chi connectivity index (χ1v) is 9.26. The maximum Gasteiger partial charge on any atom is 0.233 e. The molecule has 0 aromatic carbocycles. The van der Waals surface area contributed by atoms with Crippen LogP contribution in [0.15, 0.2) is 16.8 Å². The lowest BCUT2D eigenvalue weighted by Gasteiger charge is -2.19. The molecule has 1 aliphatic rings. The maximum atomic E-state index is 5.95. The molecule has 0 unspecified atom stereocenters. The molecular weight excluding hydrogens is 318 g/mol. The zero-order valence-corrected chi connectivity index (χ0v) is 15.6. The smallest absolute Gasteiger partial charge is 0.233 e. The van der Waals surface area contributed by atoms with E-state index >= 15 is 0 Å². The Hall–Kier alpha value is -1.73. The van der Waals surface area contributed by atoms with Crippen LogP contribution in [-0.2, 0) is 17.7 Å². The molecule has 0 radical (unpaired) electrons. The fourth-order valence-corrected chi connectivity index (χ4v) is 3.20. The van der Waals surface area contributed by atoms with Crippen LogP contribution in [0.1, 0.15) is 63.6 Å². The molecule has 0 saturated carbocycles. The molecule has 3 heterocycles. The molecule has 7 heteroatoms. The van der Waals surface area contributed by atoms with Gasteiger partial charge in [-0.25, -0.2) is 0 Å². The molecule has 1 fully saturated rings. The standard InChI is InChI=1S/C18H29N5O2/c1-5-23-11-15(10-20-23)17-14(6-7-24-17)9-19-13(4)18-22-21-16(25-18)8-12(2)3/h10-14,17,19H,5-9H2,1-4H3/t13-,14-,17-/m1/s1. The van der Waals surface area contributed by atoms with Gasteiger partial charge in [0, 0.05) is 43.8 Å². The van der Waals surface area contributed by atoms with Gasteiger partial charge in [-0.3, -0.25) is 4.68 Å². The second-order valence-electron chi connectivity index (χ2n) is 7.23. The average Bonchev–Trinajstić information content (AvgIpc) is 3.31. The predicted molar refractivity (Wildman–Crippen MR) is 94.0 cm³/mol. The number of rotatable bonds is 8. The van der Waals surface area contributed by atoms with Crippen LogP contribution in [0.25, 0.3) is 0 Å². The van der Waals surface area contributed by atoms with Crippen molar-refractivity contribution in [3.05, 3.63) is 29.7 Å². The van der Waals surface area contributed by atoms with Crippen molar-refractivity contribution in [1.82, 2.24) is 25.3 Å². The highest BCUT2D eigenvalue weighted by Crippen LogP contribution is 2.34. The van der Waals surface area contributed by atoms with E-state index in [1.54, 1.807) is 0 Å². The topological polar surface area (TPSA) is 78.0 Å². The van der Waals surface area contributed by atoms with Gasteiger partial charge in [0.25, 0.3) is 0 Å². The van der Waals surface area contributed by atoms with Gasteiger partial charge in [0.2, 0.25) is 11.8 Å². The number of nitrogens with one attached hydrogen (secondary N) is 1. The van der Waals surface area contributed by atoms with E-state index in [-0.39, 0.29) is 12.1 Å². The lowest BCUT2D eigenvalue weighted by atomic mass is 9.97. The summed E-state index contributed by atoms with van der Waals surface area (Å²) in [4.78, 5) is 0. The van der Waals surface area contributed by atoms with Crippen LogP contribution in [0, 0.1) is 11.8 Å². The molecule has 138 valence electrons. The first-order chi connectivity index (χ1) is 12.1. The van der Waals surface area contributed by atoms with E-state index in [2.05, 4.69) is 54.5 Å². The number of ether oxygens (including phenoxy) is 1. The maximum absolute atomic E-state index is 5.95. The van der Waals surface area contributed by atoms with Crippen molar-refractivity contribution < 1.29 is 9.15 Å². The summed E-state index contributed by atoms with van der Waals surface area (Å²) in [5, 5.41) is 16.2. The molecule has 0 amide bonds. The molecule has 0 aliphatic carbocycles.